The van der Waals surface area contributed by atoms with Gasteiger partial charge in [0.1, 0.15) is 4.21 Å². The van der Waals surface area contributed by atoms with Crippen molar-refractivity contribution in [3.63, 3.8) is 0 Å². The summed E-state index contributed by atoms with van der Waals surface area (Å²) in [5.74, 6) is 0. The maximum Gasteiger partial charge on any atom is 0.310 e. The lowest BCUT2D eigenvalue weighted by molar-refractivity contribution is 0.597. The monoisotopic (exact) mass is 267 g/mol. The fraction of sp³-hybridized carbons (Fsp3) is 0. The van der Waals surface area contributed by atoms with Crippen molar-refractivity contribution in [2.75, 3.05) is 5.43 Å². The highest BCUT2D eigenvalue weighted by atomic mass is 32.2. The van der Waals surface area contributed by atoms with E-state index in [0.717, 1.165) is 11.3 Å². The van der Waals surface area contributed by atoms with Gasteiger partial charge in [0.15, 0.2) is 0 Å². The van der Waals surface area contributed by atoms with Crippen molar-refractivity contribution >= 4 is 27.0 Å². The maximum absolute atomic E-state index is 11.6. The predicted octanol–water partition coefficient (Wildman–Crippen LogP) is 2.92. The van der Waals surface area contributed by atoms with Gasteiger partial charge in [-0.05, 0) is 28.1 Å². The number of hydrogen-bond acceptors (Lipinski definition) is 4. The Balaban J connectivity index is 2.07. The third kappa shape index (κ3) is 3.11. The Bertz CT molecular complexity index is 592. The fourth-order valence-corrected chi connectivity index (χ4v) is 2.78. The largest absolute Gasteiger partial charge is 0.310 e. The minimum absolute atomic E-state index is 0.177. The van der Waals surface area contributed by atoms with Crippen molar-refractivity contribution in [2.24, 2.45) is 9.74 Å². The van der Waals surface area contributed by atoms with Crippen molar-refractivity contribution in [1.82, 2.24) is 0 Å². The Morgan fingerprint density at radius 1 is 1.06 bits per heavy atom. The second-order valence-electron chi connectivity index (χ2n) is 3.07. The Morgan fingerprint density at radius 3 is 2.47 bits per heavy atom. The van der Waals surface area contributed by atoms with Crippen molar-refractivity contribution < 1.29 is 8.42 Å². The lowest BCUT2D eigenvalue weighted by Crippen LogP contribution is -1.94. The molecule has 1 N–H and O–H groups in total. The molecule has 0 aliphatic rings. The van der Waals surface area contributed by atoms with Gasteiger partial charge in [-0.15, -0.1) is 11.3 Å². The van der Waals surface area contributed by atoms with E-state index < -0.39 is 10.0 Å². The number of anilines is 1. The summed E-state index contributed by atoms with van der Waals surface area (Å²) in [7, 11) is -3.67. The Labute approximate surface area is 103 Å². The standard InChI is InChI=1S/C10H9N3O2S2/c14-17(15,10-7-4-8-16-10)13-12-11-9-5-2-1-3-6-9/h1-8H,(H,11,13). The van der Waals surface area contributed by atoms with Gasteiger partial charge in [0, 0.05) is 0 Å². The fourth-order valence-electron chi connectivity index (χ4n) is 1.10. The summed E-state index contributed by atoms with van der Waals surface area (Å²) >= 11 is 1.11. The number of para-hydroxylation sites is 1. The first-order valence-corrected chi connectivity index (χ1v) is 7.02. The number of benzene rings is 1. The molecule has 0 spiro atoms. The van der Waals surface area contributed by atoms with Crippen LogP contribution >= 0.6 is 11.3 Å². The van der Waals surface area contributed by atoms with Crippen LogP contribution < -0.4 is 5.43 Å². The molecule has 0 aliphatic heterocycles. The van der Waals surface area contributed by atoms with Gasteiger partial charge in [0.05, 0.1) is 5.69 Å². The molecular weight excluding hydrogens is 258 g/mol. The second-order valence-corrected chi connectivity index (χ2v) is 5.83. The minimum atomic E-state index is -3.67. The summed E-state index contributed by atoms with van der Waals surface area (Å²) in [5, 5.41) is 5.14. The maximum atomic E-state index is 11.6. The summed E-state index contributed by atoms with van der Waals surface area (Å²) in [6, 6.07) is 12.1. The summed E-state index contributed by atoms with van der Waals surface area (Å²) in [6.07, 6.45) is 0. The predicted molar refractivity (Wildman–Crippen MR) is 66.4 cm³/mol. The van der Waals surface area contributed by atoms with Crippen LogP contribution in [0.4, 0.5) is 5.69 Å². The average Bonchev–Trinajstić information content (AvgIpc) is 2.84. The van der Waals surface area contributed by atoms with Crippen molar-refractivity contribution in [3.05, 3.63) is 47.8 Å². The van der Waals surface area contributed by atoms with E-state index >= 15 is 0 Å². The number of sulfonamides is 1. The van der Waals surface area contributed by atoms with Crippen molar-refractivity contribution in [2.45, 2.75) is 4.21 Å². The molecule has 0 atom stereocenters. The number of thiophene rings is 1. The molecule has 1 aromatic carbocycles. The molecule has 0 bridgehead atoms. The quantitative estimate of drug-likeness (QED) is 0.684. The molecule has 88 valence electrons. The van der Waals surface area contributed by atoms with Gasteiger partial charge < -0.3 is 0 Å². The molecule has 2 rings (SSSR count). The first kappa shape index (κ1) is 11.7. The number of nitrogens with zero attached hydrogens (tertiary/aromatic N) is 2. The topological polar surface area (TPSA) is 70.9 Å². The average molecular weight is 267 g/mol. The first-order valence-electron chi connectivity index (χ1n) is 4.70. The van der Waals surface area contributed by atoms with Gasteiger partial charge in [-0.2, -0.15) is 8.42 Å². The van der Waals surface area contributed by atoms with Gasteiger partial charge in [-0.25, -0.2) is 0 Å². The lowest BCUT2D eigenvalue weighted by Gasteiger charge is -1.96. The second kappa shape index (κ2) is 5.07. The zero-order valence-corrected chi connectivity index (χ0v) is 10.3. The third-order valence-electron chi connectivity index (χ3n) is 1.85. The van der Waals surface area contributed by atoms with Crippen LogP contribution in [0.25, 0.3) is 0 Å². The smallest absolute Gasteiger partial charge is 0.259 e. The summed E-state index contributed by atoms with van der Waals surface area (Å²) in [6.45, 7) is 0. The van der Waals surface area contributed by atoms with E-state index in [1.54, 1.807) is 23.6 Å². The van der Waals surface area contributed by atoms with Crippen LogP contribution in [-0.4, -0.2) is 8.42 Å². The van der Waals surface area contributed by atoms with Gasteiger partial charge in [-0.1, -0.05) is 29.5 Å². The molecular formula is C10H9N3O2S2. The molecule has 7 heteroatoms. The summed E-state index contributed by atoms with van der Waals surface area (Å²) < 4.78 is 26.7. The molecule has 0 amide bonds. The van der Waals surface area contributed by atoms with Crippen LogP contribution in [0.3, 0.4) is 0 Å². The number of rotatable bonds is 4. The van der Waals surface area contributed by atoms with Crippen LogP contribution in [0, 0.1) is 0 Å². The normalized spacial score (nSPS) is 11.8. The molecule has 0 aliphatic carbocycles. The molecule has 0 saturated carbocycles. The van der Waals surface area contributed by atoms with Gasteiger partial charge in [-0.3, -0.25) is 5.43 Å². The Morgan fingerprint density at radius 2 is 1.82 bits per heavy atom. The van der Waals surface area contributed by atoms with E-state index in [9.17, 15) is 8.42 Å². The summed E-state index contributed by atoms with van der Waals surface area (Å²) in [5.41, 5.74) is 3.22. The van der Waals surface area contributed by atoms with Gasteiger partial charge >= 0.3 is 10.0 Å². The molecule has 17 heavy (non-hydrogen) atoms. The lowest BCUT2D eigenvalue weighted by atomic mass is 10.3. The molecule has 0 unspecified atom stereocenters. The molecule has 0 radical (unpaired) electrons. The van der Waals surface area contributed by atoms with Gasteiger partial charge in [0.25, 0.3) is 0 Å². The van der Waals surface area contributed by atoms with E-state index in [1.807, 2.05) is 18.2 Å². The van der Waals surface area contributed by atoms with E-state index in [1.165, 1.54) is 6.07 Å². The molecule has 0 fully saturated rings. The highest BCUT2D eigenvalue weighted by Gasteiger charge is 2.13. The molecule has 0 saturated heterocycles. The first-order chi connectivity index (χ1) is 8.18. The third-order valence-corrected chi connectivity index (χ3v) is 4.37. The van der Waals surface area contributed by atoms with E-state index in [4.69, 9.17) is 0 Å². The van der Waals surface area contributed by atoms with Crippen LogP contribution in [-0.2, 0) is 10.0 Å². The zero-order chi connectivity index (χ0) is 12.1. The van der Waals surface area contributed by atoms with Crippen LogP contribution in [0.1, 0.15) is 0 Å². The van der Waals surface area contributed by atoms with E-state index in [0.29, 0.717) is 5.69 Å². The van der Waals surface area contributed by atoms with Crippen LogP contribution in [0.5, 0.6) is 0 Å². The van der Waals surface area contributed by atoms with Gasteiger partial charge in [0.2, 0.25) is 0 Å². The molecule has 2 aromatic rings. The molecule has 5 nitrogen and oxygen atoms in total. The van der Waals surface area contributed by atoms with Crippen molar-refractivity contribution in [1.29, 1.82) is 0 Å². The highest BCUT2D eigenvalue weighted by Crippen LogP contribution is 2.18. The Kier molecular flexibility index (Phi) is 3.50. The number of hydrogen-bond donors (Lipinski definition) is 1. The SMILES string of the molecule is O=S(=O)(N=NNc1ccccc1)c1cccs1. The van der Waals surface area contributed by atoms with E-state index in [-0.39, 0.29) is 4.21 Å². The zero-order valence-electron chi connectivity index (χ0n) is 8.65. The number of nitrogens with one attached hydrogen (secondary N) is 1. The highest BCUT2D eigenvalue weighted by molar-refractivity contribution is 7.92. The Hall–Kier alpha value is -1.73. The molecule has 1 heterocycles. The van der Waals surface area contributed by atoms with Crippen LogP contribution in [0.15, 0.2) is 61.8 Å². The van der Waals surface area contributed by atoms with Crippen molar-refractivity contribution in [3.8, 4) is 0 Å². The molecule has 1 aromatic heterocycles. The minimum Gasteiger partial charge on any atom is -0.259 e. The van der Waals surface area contributed by atoms with Crippen LogP contribution in [0.2, 0.25) is 0 Å². The summed E-state index contributed by atoms with van der Waals surface area (Å²) in [4.78, 5) is 0. The van der Waals surface area contributed by atoms with E-state index in [2.05, 4.69) is 15.2 Å².